The van der Waals surface area contributed by atoms with Gasteiger partial charge in [-0.1, -0.05) is 18.2 Å². The van der Waals surface area contributed by atoms with Crippen LogP contribution in [-0.4, -0.2) is 22.7 Å². The van der Waals surface area contributed by atoms with E-state index in [2.05, 4.69) is 10.3 Å². The lowest BCUT2D eigenvalue weighted by Gasteiger charge is -2.00. The Balaban J connectivity index is 2.10. The van der Waals surface area contributed by atoms with Crippen LogP contribution in [0.5, 0.6) is 0 Å². The number of nitrogens with one attached hydrogen (secondary N) is 2. The molecule has 2 aromatic heterocycles. The van der Waals surface area contributed by atoms with E-state index >= 15 is 0 Å². The highest BCUT2D eigenvalue weighted by Gasteiger charge is 2.18. The van der Waals surface area contributed by atoms with Gasteiger partial charge < -0.3 is 16.0 Å². The number of aromatic nitrogens is 1. The van der Waals surface area contributed by atoms with Crippen LogP contribution in [0.25, 0.3) is 21.3 Å². The highest BCUT2D eigenvalue weighted by Crippen LogP contribution is 2.38. The van der Waals surface area contributed by atoms with E-state index in [1.54, 1.807) is 6.07 Å². The van der Waals surface area contributed by atoms with Crippen molar-refractivity contribution >= 4 is 51.3 Å². The average Bonchev–Trinajstić information content (AvgIpc) is 3.10. The maximum absolute atomic E-state index is 11.6. The summed E-state index contributed by atoms with van der Waals surface area (Å²) in [5.74, 6) is -1.15. The second-order valence-corrected chi connectivity index (χ2v) is 5.97. The van der Waals surface area contributed by atoms with Gasteiger partial charge in [0.1, 0.15) is 10.8 Å². The first-order chi connectivity index (χ1) is 10.6. The molecule has 7 heteroatoms. The van der Waals surface area contributed by atoms with Gasteiger partial charge in [0, 0.05) is 27.5 Å². The number of hydrogen-bond acceptors (Lipinski definition) is 3. The fraction of sp³-hybridized carbons (Fsp3) is 0.0667. The van der Waals surface area contributed by atoms with Crippen molar-refractivity contribution in [3.63, 3.8) is 0 Å². The first kappa shape index (κ1) is 14.6. The topological polar surface area (TPSA) is 88.0 Å². The van der Waals surface area contributed by atoms with Crippen LogP contribution in [0, 0.1) is 0 Å². The summed E-state index contributed by atoms with van der Waals surface area (Å²) in [6.07, 6.45) is 1.87. The third-order valence-electron chi connectivity index (χ3n) is 3.21. The molecular weight excluding hydrogens is 322 g/mol. The maximum Gasteiger partial charge on any atom is 0.260 e. The van der Waals surface area contributed by atoms with Gasteiger partial charge in [-0.2, -0.15) is 0 Å². The summed E-state index contributed by atoms with van der Waals surface area (Å²) < 4.78 is 0. The van der Waals surface area contributed by atoms with E-state index in [0.29, 0.717) is 10.6 Å². The van der Waals surface area contributed by atoms with Gasteiger partial charge in [-0.15, -0.1) is 22.9 Å². The van der Waals surface area contributed by atoms with E-state index in [1.165, 1.54) is 11.3 Å². The van der Waals surface area contributed by atoms with Crippen molar-refractivity contribution in [2.75, 3.05) is 11.2 Å². The van der Waals surface area contributed by atoms with E-state index in [-0.39, 0.29) is 11.8 Å². The molecule has 0 saturated heterocycles. The molecule has 0 radical (unpaired) electrons. The minimum atomic E-state index is -0.582. The Kier molecular flexibility index (Phi) is 3.87. The fourth-order valence-electron chi connectivity index (χ4n) is 2.26. The zero-order valence-electron chi connectivity index (χ0n) is 11.4. The third kappa shape index (κ3) is 2.58. The van der Waals surface area contributed by atoms with Crippen LogP contribution in [0.15, 0.2) is 36.5 Å². The van der Waals surface area contributed by atoms with Crippen LogP contribution in [0.1, 0.15) is 9.67 Å². The summed E-state index contributed by atoms with van der Waals surface area (Å²) in [5, 5.41) is 3.64. The predicted octanol–water partition coefficient (Wildman–Crippen LogP) is 3.17. The molecule has 0 atom stereocenters. The Morgan fingerprint density at radius 1 is 1.32 bits per heavy atom. The van der Waals surface area contributed by atoms with Crippen LogP contribution in [-0.2, 0) is 4.79 Å². The van der Waals surface area contributed by atoms with E-state index in [1.807, 2.05) is 30.5 Å². The number of thiophene rings is 1. The zero-order valence-corrected chi connectivity index (χ0v) is 12.9. The Morgan fingerprint density at radius 2 is 2.09 bits per heavy atom. The highest BCUT2D eigenvalue weighted by molar-refractivity contribution is 7.18. The number of fused-ring (bicyclic) bond motifs is 1. The number of rotatable bonds is 4. The first-order valence-corrected chi connectivity index (χ1v) is 7.81. The maximum atomic E-state index is 11.6. The minimum absolute atomic E-state index is 0.184. The van der Waals surface area contributed by atoms with E-state index in [4.69, 9.17) is 17.3 Å². The first-order valence-electron chi connectivity index (χ1n) is 6.46. The van der Waals surface area contributed by atoms with Crippen molar-refractivity contribution in [1.29, 1.82) is 0 Å². The van der Waals surface area contributed by atoms with Crippen LogP contribution < -0.4 is 11.1 Å². The second-order valence-electron chi connectivity index (χ2n) is 4.65. The van der Waals surface area contributed by atoms with Crippen LogP contribution in [0.3, 0.4) is 0 Å². The molecule has 5 nitrogen and oxygen atoms in total. The van der Waals surface area contributed by atoms with Crippen molar-refractivity contribution in [1.82, 2.24) is 4.98 Å². The standard InChI is InChI=1S/C15H12ClN3O2S/c16-6-13(20)19-11-5-12(22-14(11)15(17)21)9-7-18-10-4-2-1-3-8(9)10/h1-5,7,18H,6H2,(H2,17,21)(H,19,20). The van der Waals surface area contributed by atoms with Crippen LogP contribution >= 0.6 is 22.9 Å². The number of carbonyl (C=O) groups is 2. The van der Waals surface area contributed by atoms with Gasteiger partial charge in [0.25, 0.3) is 5.91 Å². The van der Waals surface area contributed by atoms with Crippen LogP contribution in [0.4, 0.5) is 5.69 Å². The SMILES string of the molecule is NC(=O)c1sc(-c2c[nH]c3ccccc23)cc1NC(=O)CCl. The summed E-state index contributed by atoms with van der Waals surface area (Å²) in [7, 11) is 0. The Hall–Kier alpha value is -2.31. The lowest BCUT2D eigenvalue weighted by atomic mass is 10.1. The number of alkyl halides is 1. The number of benzene rings is 1. The van der Waals surface area contributed by atoms with Crippen molar-refractivity contribution in [3.8, 4) is 10.4 Å². The van der Waals surface area contributed by atoms with Gasteiger partial charge >= 0.3 is 0 Å². The average molecular weight is 334 g/mol. The minimum Gasteiger partial charge on any atom is -0.365 e. The molecule has 0 bridgehead atoms. The lowest BCUT2D eigenvalue weighted by Crippen LogP contribution is -2.16. The second kappa shape index (κ2) is 5.82. The largest absolute Gasteiger partial charge is 0.365 e. The predicted molar refractivity (Wildman–Crippen MR) is 89.5 cm³/mol. The number of para-hydroxylation sites is 1. The molecular formula is C15H12ClN3O2S. The van der Waals surface area contributed by atoms with E-state index in [9.17, 15) is 9.59 Å². The van der Waals surface area contributed by atoms with E-state index < -0.39 is 5.91 Å². The van der Waals surface area contributed by atoms with Gasteiger partial charge in [-0.25, -0.2) is 0 Å². The summed E-state index contributed by atoms with van der Waals surface area (Å²) >= 11 is 6.73. The van der Waals surface area contributed by atoms with Crippen molar-refractivity contribution in [2.24, 2.45) is 5.73 Å². The number of primary amides is 1. The lowest BCUT2D eigenvalue weighted by molar-refractivity contribution is -0.113. The Labute approximate surface area is 135 Å². The van der Waals surface area contributed by atoms with Gasteiger partial charge in [0.2, 0.25) is 5.91 Å². The molecule has 2 heterocycles. The van der Waals surface area contributed by atoms with E-state index in [0.717, 1.165) is 21.3 Å². The molecule has 0 spiro atoms. The molecule has 0 fully saturated rings. The molecule has 2 amide bonds. The van der Waals surface area contributed by atoms with Gasteiger partial charge in [-0.3, -0.25) is 9.59 Å². The normalized spacial score (nSPS) is 10.8. The number of nitrogens with two attached hydrogens (primary N) is 1. The third-order valence-corrected chi connectivity index (χ3v) is 4.63. The number of amides is 2. The van der Waals surface area contributed by atoms with Crippen molar-refractivity contribution < 1.29 is 9.59 Å². The monoisotopic (exact) mass is 333 g/mol. The van der Waals surface area contributed by atoms with Gasteiger partial charge in [-0.05, 0) is 12.1 Å². The molecule has 1 aromatic carbocycles. The van der Waals surface area contributed by atoms with Crippen LogP contribution in [0.2, 0.25) is 0 Å². The summed E-state index contributed by atoms with van der Waals surface area (Å²) in [6, 6.07) is 9.58. The van der Waals surface area contributed by atoms with Gasteiger partial charge in [0.05, 0.1) is 5.69 Å². The highest BCUT2D eigenvalue weighted by atomic mass is 35.5. The Bertz CT molecular complexity index is 869. The molecule has 0 aliphatic rings. The molecule has 0 unspecified atom stereocenters. The fourth-order valence-corrected chi connectivity index (χ4v) is 3.32. The Morgan fingerprint density at radius 3 is 2.82 bits per heavy atom. The van der Waals surface area contributed by atoms with Gasteiger partial charge in [0.15, 0.2) is 0 Å². The molecule has 0 aliphatic heterocycles. The number of hydrogen-bond donors (Lipinski definition) is 3. The molecule has 3 rings (SSSR count). The summed E-state index contributed by atoms with van der Waals surface area (Å²) in [5.41, 5.74) is 7.73. The molecule has 4 N–H and O–H groups in total. The molecule has 22 heavy (non-hydrogen) atoms. The van der Waals surface area contributed by atoms with Crippen molar-refractivity contribution in [3.05, 3.63) is 41.4 Å². The molecule has 112 valence electrons. The zero-order chi connectivity index (χ0) is 15.7. The number of anilines is 1. The molecule has 0 saturated carbocycles. The van der Waals surface area contributed by atoms with Crippen molar-refractivity contribution in [2.45, 2.75) is 0 Å². The number of H-pyrrole nitrogens is 1. The number of aromatic amines is 1. The summed E-state index contributed by atoms with van der Waals surface area (Å²) in [6.45, 7) is 0. The quantitative estimate of drug-likeness (QED) is 0.640. The number of halogens is 1. The summed E-state index contributed by atoms with van der Waals surface area (Å²) in [4.78, 5) is 27.4. The smallest absolute Gasteiger partial charge is 0.260 e. The molecule has 0 aliphatic carbocycles. The molecule has 3 aromatic rings. The number of carbonyl (C=O) groups excluding carboxylic acids is 2.